The standard InChI is InChI=1S/C12H15N3O2/c1-2-9(13)10(16)11-14-12(17-15-11)8-6-4-3-5-7-8/h3-7,9-10,16H,2,13H2,1H3. The van der Waals surface area contributed by atoms with Crippen molar-refractivity contribution >= 4 is 0 Å². The molecular weight excluding hydrogens is 218 g/mol. The second-order valence-corrected chi connectivity index (χ2v) is 3.84. The summed E-state index contributed by atoms with van der Waals surface area (Å²) < 4.78 is 5.09. The first-order valence-electron chi connectivity index (χ1n) is 5.55. The van der Waals surface area contributed by atoms with Crippen LogP contribution in [0.15, 0.2) is 34.9 Å². The van der Waals surface area contributed by atoms with Crippen molar-refractivity contribution in [3.63, 3.8) is 0 Å². The van der Waals surface area contributed by atoms with Crippen LogP contribution in [0, 0.1) is 0 Å². The molecule has 2 rings (SSSR count). The molecule has 1 aromatic heterocycles. The van der Waals surface area contributed by atoms with Gasteiger partial charge >= 0.3 is 0 Å². The molecule has 2 unspecified atom stereocenters. The number of nitrogens with two attached hydrogens (primary N) is 1. The summed E-state index contributed by atoms with van der Waals surface area (Å²) in [5.74, 6) is 0.626. The molecule has 17 heavy (non-hydrogen) atoms. The zero-order valence-electron chi connectivity index (χ0n) is 9.58. The van der Waals surface area contributed by atoms with Gasteiger partial charge in [0, 0.05) is 11.6 Å². The predicted octanol–water partition coefficient (Wildman–Crippen LogP) is 1.51. The Bertz CT molecular complexity index is 470. The zero-order valence-corrected chi connectivity index (χ0v) is 9.58. The van der Waals surface area contributed by atoms with Gasteiger partial charge in [0.05, 0.1) is 0 Å². The maximum atomic E-state index is 9.84. The third-order valence-corrected chi connectivity index (χ3v) is 2.60. The fourth-order valence-electron chi connectivity index (χ4n) is 1.47. The summed E-state index contributed by atoms with van der Waals surface area (Å²) >= 11 is 0. The lowest BCUT2D eigenvalue weighted by atomic mass is 10.1. The van der Waals surface area contributed by atoms with E-state index in [0.29, 0.717) is 12.3 Å². The van der Waals surface area contributed by atoms with E-state index in [4.69, 9.17) is 10.3 Å². The van der Waals surface area contributed by atoms with Crippen molar-refractivity contribution in [2.75, 3.05) is 0 Å². The molecule has 1 aromatic carbocycles. The molecule has 0 saturated heterocycles. The molecule has 0 aliphatic rings. The van der Waals surface area contributed by atoms with E-state index in [1.165, 1.54) is 0 Å². The smallest absolute Gasteiger partial charge is 0.258 e. The second kappa shape index (κ2) is 5.07. The average molecular weight is 233 g/mol. The molecule has 0 fully saturated rings. The highest BCUT2D eigenvalue weighted by molar-refractivity contribution is 5.52. The van der Waals surface area contributed by atoms with Crippen LogP contribution in [0.4, 0.5) is 0 Å². The highest BCUT2D eigenvalue weighted by atomic mass is 16.5. The van der Waals surface area contributed by atoms with Crippen molar-refractivity contribution in [2.45, 2.75) is 25.5 Å². The van der Waals surface area contributed by atoms with E-state index in [1.54, 1.807) is 0 Å². The third-order valence-electron chi connectivity index (χ3n) is 2.60. The molecular formula is C12H15N3O2. The molecule has 0 amide bonds. The fraction of sp³-hybridized carbons (Fsp3) is 0.333. The Labute approximate surface area is 99.3 Å². The minimum atomic E-state index is -0.888. The first-order valence-corrected chi connectivity index (χ1v) is 5.55. The lowest BCUT2D eigenvalue weighted by molar-refractivity contribution is 0.132. The molecule has 0 aliphatic carbocycles. The number of aromatic nitrogens is 2. The van der Waals surface area contributed by atoms with Crippen LogP contribution in [-0.4, -0.2) is 21.3 Å². The van der Waals surface area contributed by atoms with E-state index in [-0.39, 0.29) is 11.9 Å². The largest absolute Gasteiger partial charge is 0.383 e. The summed E-state index contributed by atoms with van der Waals surface area (Å²) in [4.78, 5) is 4.14. The molecule has 5 heteroatoms. The number of benzene rings is 1. The summed E-state index contributed by atoms with van der Waals surface area (Å²) in [5, 5.41) is 13.6. The lowest BCUT2D eigenvalue weighted by Crippen LogP contribution is -2.28. The van der Waals surface area contributed by atoms with Gasteiger partial charge in [-0.1, -0.05) is 30.3 Å². The number of hydrogen-bond acceptors (Lipinski definition) is 5. The fourth-order valence-corrected chi connectivity index (χ4v) is 1.47. The van der Waals surface area contributed by atoms with E-state index in [0.717, 1.165) is 5.56 Å². The Morgan fingerprint density at radius 1 is 1.35 bits per heavy atom. The number of aliphatic hydroxyl groups excluding tert-OH is 1. The van der Waals surface area contributed by atoms with Gasteiger partial charge in [0.2, 0.25) is 5.82 Å². The number of rotatable bonds is 4. The van der Waals surface area contributed by atoms with Crippen LogP contribution in [0.5, 0.6) is 0 Å². The first-order chi connectivity index (χ1) is 8.22. The van der Waals surface area contributed by atoms with Crippen LogP contribution in [0.3, 0.4) is 0 Å². The van der Waals surface area contributed by atoms with Gasteiger partial charge in [-0.2, -0.15) is 4.98 Å². The third kappa shape index (κ3) is 2.51. The quantitative estimate of drug-likeness (QED) is 0.836. The van der Waals surface area contributed by atoms with Gasteiger partial charge in [0.15, 0.2) is 0 Å². The predicted molar refractivity (Wildman–Crippen MR) is 63.0 cm³/mol. The molecule has 0 spiro atoms. The lowest BCUT2D eigenvalue weighted by Gasteiger charge is -2.12. The van der Waals surface area contributed by atoms with Gasteiger partial charge in [-0.3, -0.25) is 0 Å². The second-order valence-electron chi connectivity index (χ2n) is 3.84. The first kappa shape index (κ1) is 11.8. The van der Waals surface area contributed by atoms with Gasteiger partial charge in [-0.25, -0.2) is 0 Å². The van der Waals surface area contributed by atoms with Gasteiger partial charge in [-0.05, 0) is 18.6 Å². The topological polar surface area (TPSA) is 85.2 Å². The molecule has 2 atom stereocenters. The van der Waals surface area contributed by atoms with Gasteiger partial charge in [0.25, 0.3) is 5.89 Å². The van der Waals surface area contributed by atoms with Gasteiger partial charge < -0.3 is 15.4 Å². The van der Waals surface area contributed by atoms with Crippen LogP contribution in [0.25, 0.3) is 11.5 Å². The van der Waals surface area contributed by atoms with Crippen molar-refractivity contribution in [1.29, 1.82) is 0 Å². The Morgan fingerprint density at radius 2 is 2.06 bits per heavy atom. The Hall–Kier alpha value is -1.72. The van der Waals surface area contributed by atoms with Crippen LogP contribution >= 0.6 is 0 Å². The van der Waals surface area contributed by atoms with E-state index >= 15 is 0 Å². The molecule has 0 saturated carbocycles. The van der Waals surface area contributed by atoms with Crippen LogP contribution in [-0.2, 0) is 0 Å². The maximum absolute atomic E-state index is 9.84. The molecule has 5 nitrogen and oxygen atoms in total. The minimum Gasteiger partial charge on any atom is -0.383 e. The molecule has 0 bridgehead atoms. The number of aliphatic hydroxyl groups is 1. The van der Waals surface area contributed by atoms with Crippen molar-refractivity contribution in [3.05, 3.63) is 36.2 Å². The van der Waals surface area contributed by atoms with Gasteiger partial charge in [-0.15, -0.1) is 0 Å². The molecule has 0 radical (unpaired) electrons. The van der Waals surface area contributed by atoms with Gasteiger partial charge in [0.1, 0.15) is 6.10 Å². The summed E-state index contributed by atoms with van der Waals surface area (Å²) in [6, 6.07) is 9.02. The molecule has 3 N–H and O–H groups in total. The van der Waals surface area contributed by atoms with Crippen molar-refractivity contribution in [1.82, 2.24) is 10.1 Å². The van der Waals surface area contributed by atoms with E-state index < -0.39 is 6.10 Å². The normalized spacial score (nSPS) is 14.5. The van der Waals surface area contributed by atoms with E-state index in [9.17, 15) is 5.11 Å². The minimum absolute atomic E-state index is 0.234. The highest BCUT2D eigenvalue weighted by Gasteiger charge is 2.21. The summed E-state index contributed by atoms with van der Waals surface area (Å²) in [7, 11) is 0. The molecule has 1 heterocycles. The number of hydrogen-bond donors (Lipinski definition) is 2. The Balaban J connectivity index is 2.22. The van der Waals surface area contributed by atoms with Crippen molar-refractivity contribution < 1.29 is 9.63 Å². The summed E-state index contributed by atoms with van der Waals surface area (Å²) in [6.45, 7) is 1.89. The van der Waals surface area contributed by atoms with Crippen LogP contribution in [0.2, 0.25) is 0 Å². The van der Waals surface area contributed by atoms with Crippen molar-refractivity contribution in [3.8, 4) is 11.5 Å². The van der Waals surface area contributed by atoms with Crippen LogP contribution in [0.1, 0.15) is 25.3 Å². The maximum Gasteiger partial charge on any atom is 0.258 e. The SMILES string of the molecule is CCC(N)C(O)c1noc(-c2ccccc2)n1. The van der Waals surface area contributed by atoms with Crippen molar-refractivity contribution in [2.24, 2.45) is 5.73 Å². The number of nitrogens with zero attached hydrogens (tertiary/aromatic N) is 2. The zero-order chi connectivity index (χ0) is 12.3. The van der Waals surface area contributed by atoms with Crippen LogP contribution < -0.4 is 5.73 Å². The Kier molecular flexibility index (Phi) is 3.51. The summed E-state index contributed by atoms with van der Waals surface area (Å²) in [6.07, 6.45) is -0.239. The van der Waals surface area contributed by atoms with E-state index in [1.807, 2.05) is 37.3 Å². The molecule has 2 aromatic rings. The molecule has 0 aliphatic heterocycles. The average Bonchev–Trinajstić information content (AvgIpc) is 2.87. The van der Waals surface area contributed by atoms with E-state index in [2.05, 4.69) is 10.1 Å². The monoisotopic (exact) mass is 233 g/mol. The molecule has 90 valence electrons. The summed E-state index contributed by atoms with van der Waals surface area (Å²) in [5.41, 5.74) is 6.55. The highest BCUT2D eigenvalue weighted by Crippen LogP contribution is 2.20. The Morgan fingerprint density at radius 3 is 2.71 bits per heavy atom.